The van der Waals surface area contributed by atoms with Crippen molar-refractivity contribution in [1.82, 2.24) is 9.88 Å². The fraction of sp³-hybridized carbons (Fsp3) is 0.385. The lowest BCUT2D eigenvalue weighted by Gasteiger charge is -2.26. The number of hydrogen-bond donors (Lipinski definition) is 1. The Morgan fingerprint density at radius 1 is 1.00 bits per heavy atom. The Hall–Kier alpha value is -4.92. The molecule has 0 unspecified atom stereocenters. The molecule has 0 aliphatic carbocycles. The van der Waals surface area contributed by atoms with E-state index in [-0.39, 0.29) is 31.9 Å². The highest BCUT2D eigenvalue weighted by atomic mass is 16.5. The monoisotopic (exact) mass is 654 g/mol. The van der Waals surface area contributed by atoms with Crippen LogP contribution in [0.3, 0.4) is 0 Å². The number of unbranched alkanes of at least 4 members (excludes halogenated alkanes) is 4. The van der Waals surface area contributed by atoms with E-state index in [1.165, 1.54) is 4.90 Å². The van der Waals surface area contributed by atoms with Gasteiger partial charge < -0.3 is 24.2 Å². The molecule has 0 saturated carbocycles. The number of aromatic nitrogens is 1. The number of ether oxygens (including phenoxy) is 3. The van der Waals surface area contributed by atoms with Crippen molar-refractivity contribution in [1.29, 1.82) is 0 Å². The third kappa shape index (κ3) is 9.33. The first kappa shape index (κ1) is 35.9. The highest BCUT2D eigenvalue weighted by Crippen LogP contribution is 2.37. The molecule has 2 aromatic carbocycles. The molecule has 1 amide bonds. The van der Waals surface area contributed by atoms with Crippen LogP contribution in [0.5, 0.6) is 11.5 Å². The third-order valence-corrected chi connectivity index (χ3v) is 8.57. The zero-order valence-corrected chi connectivity index (χ0v) is 27.8. The summed E-state index contributed by atoms with van der Waals surface area (Å²) in [5.41, 5.74) is 2.95. The van der Waals surface area contributed by atoms with E-state index >= 15 is 0 Å². The van der Waals surface area contributed by atoms with Crippen molar-refractivity contribution >= 4 is 34.8 Å². The van der Waals surface area contributed by atoms with E-state index in [0.29, 0.717) is 40.9 Å². The van der Waals surface area contributed by atoms with Crippen LogP contribution >= 0.6 is 0 Å². The molecule has 3 aromatic rings. The normalized spacial score (nSPS) is 16.2. The van der Waals surface area contributed by atoms with Crippen LogP contribution in [0.4, 0.5) is 0 Å². The van der Waals surface area contributed by atoms with Gasteiger partial charge in [0.2, 0.25) is 5.91 Å². The number of amides is 1. The van der Waals surface area contributed by atoms with Gasteiger partial charge >= 0.3 is 11.9 Å². The van der Waals surface area contributed by atoms with Crippen LogP contribution in [0.25, 0.3) is 28.2 Å². The lowest BCUT2D eigenvalue weighted by molar-refractivity contribution is -0.153. The second-order valence-corrected chi connectivity index (χ2v) is 12.0. The Morgan fingerprint density at radius 2 is 1.75 bits per heavy atom. The number of benzene rings is 2. The maximum absolute atomic E-state index is 14.0. The summed E-state index contributed by atoms with van der Waals surface area (Å²) >= 11 is 0. The number of pyridine rings is 1. The Bertz CT molecular complexity index is 1600. The number of esters is 1. The summed E-state index contributed by atoms with van der Waals surface area (Å²) in [5.74, 6) is -1.53. The molecule has 1 aliphatic heterocycles. The van der Waals surface area contributed by atoms with Crippen molar-refractivity contribution in [3.63, 3.8) is 0 Å². The molecule has 1 fully saturated rings. The molecule has 0 bridgehead atoms. The van der Waals surface area contributed by atoms with Crippen LogP contribution in [0.1, 0.15) is 63.4 Å². The SMILES string of the molecule is C=CCCCCC[C@H](CC(=O)OCCCC=C)C(=O)N1C[C@H](Oc2cc(-c3ccccc3)nc3cc(OC)c(C=C)cc23)C[C@H]1C(=O)O. The van der Waals surface area contributed by atoms with Crippen LogP contribution in [0, 0.1) is 5.92 Å². The fourth-order valence-electron chi connectivity index (χ4n) is 6.05. The molecule has 1 aliphatic rings. The lowest BCUT2D eigenvalue weighted by Crippen LogP contribution is -2.44. The fourth-order valence-corrected chi connectivity index (χ4v) is 6.05. The first-order valence-electron chi connectivity index (χ1n) is 16.6. The number of likely N-dealkylation sites (tertiary alicyclic amines) is 1. The standard InChI is InChI=1S/C39H46N2O7/c1-5-8-10-11-13-19-29(22-37(42)47-20-16-9-6-2)38(43)41-26-30(23-34(41)39(44)45)48-36-24-32(28-17-14-12-15-18-28)40-33-25-35(46-4)27(7-3)21-31(33)36/h5-7,12,14-15,17-18,21,24-25,29-30,34H,1-3,8-11,13,16,19-20,22-23,26H2,4H3,(H,44,45)/t29-,30-,34+/m1/s1. The Balaban J connectivity index is 1.61. The molecule has 0 spiro atoms. The number of hydrogen-bond acceptors (Lipinski definition) is 7. The van der Waals surface area contributed by atoms with Gasteiger partial charge in [0.25, 0.3) is 0 Å². The van der Waals surface area contributed by atoms with Gasteiger partial charge in [0, 0.05) is 41.0 Å². The summed E-state index contributed by atoms with van der Waals surface area (Å²) in [4.78, 5) is 45.5. The van der Waals surface area contributed by atoms with Crippen molar-refractivity contribution in [2.24, 2.45) is 5.92 Å². The number of carboxylic acid groups (broad SMARTS) is 1. The van der Waals surface area contributed by atoms with Crippen molar-refractivity contribution in [3.8, 4) is 22.8 Å². The molecule has 48 heavy (non-hydrogen) atoms. The van der Waals surface area contributed by atoms with E-state index in [0.717, 1.165) is 43.2 Å². The molecule has 4 rings (SSSR count). The Labute approximate surface area is 282 Å². The van der Waals surface area contributed by atoms with Gasteiger partial charge in [-0.2, -0.15) is 0 Å². The summed E-state index contributed by atoms with van der Waals surface area (Å²) < 4.78 is 17.5. The predicted molar refractivity (Wildman–Crippen MR) is 188 cm³/mol. The average Bonchev–Trinajstić information content (AvgIpc) is 3.53. The number of carbonyl (C=O) groups excluding carboxylic acids is 2. The van der Waals surface area contributed by atoms with E-state index in [4.69, 9.17) is 19.2 Å². The number of fused-ring (bicyclic) bond motifs is 1. The maximum Gasteiger partial charge on any atom is 0.326 e. The van der Waals surface area contributed by atoms with Gasteiger partial charge in [-0.05, 0) is 38.2 Å². The molecule has 9 nitrogen and oxygen atoms in total. The van der Waals surface area contributed by atoms with E-state index < -0.39 is 30.0 Å². The minimum Gasteiger partial charge on any atom is -0.496 e. The number of carboxylic acids is 1. The lowest BCUT2D eigenvalue weighted by atomic mass is 9.95. The molecular formula is C39H46N2O7. The smallest absolute Gasteiger partial charge is 0.326 e. The predicted octanol–water partition coefficient (Wildman–Crippen LogP) is 7.64. The minimum atomic E-state index is -1.12. The first-order valence-corrected chi connectivity index (χ1v) is 16.6. The molecular weight excluding hydrogens is 608 g/mol. The zero-order valence-electron chi connectivity index (χ0n) is 27.8. The molecule has 254 valence electrons. The van der Waals surface area contributed by atoms with Crippen LogP contribution in [0.15, 0.2) is 80.4 Å². The van der Waals surface area contributed by atoms with Crippen molar-refractivity contribution in [2.45, 2.75) is 69.9 Å². The van der Waals surface area contributed by atoms with Gasteiger partial charge in [-0.15, -0.1) is 13.2 Å². The summed E-state index contributed by atoms with van der Waals surface area (Å²) in [6.45, 7) is 11.7. The summed E-state index contributed by atoms with van der Waals surface area (Å²) in [6.07, 6.45) is 9.88. The summed E-state index contributed by atoms with van der Waals surface area (Å²) in [7, 11) is 1.58. The average molecular weight is 655 g/mol. The second-order valence-electron chi connectivity index (χ2n) is 12.0. The second kappa shape index (κ2) is 17.8. The number of rotatable bonds is 19. The largest absolute Gasteiger partial charge is 0.496 e. The molecule has 1 aromatic heterocycles. The molecule has 0 radical (unpaired) electrons. The number of allylic oxidation sites excluding steroid dienone is 2. The Morgan fingerprint density at radius 3 is 2.44 bits per heavy atom. The molecule has 1 N–H and O–H groups in total. The van der Waals surface area contributed by atoms with Gasteiger partial charge in [0.05, 0.1) is 37.9 Å². The number of methoxy groups -OCH3 is 1. The summed E-state index contributed by atoms with van der Waals surface area (Å²) in [6, 6.07) is 14.1. The molecule has 3 atom stereocenters. The highest BCUT2D eigenvalue weighted by molar-refractivity contribution is 5.92. The van der Waals surface area contributed by atoms with E-state index in [1.54, 1.807) is 19.3 Å². The van der Waals surface area contributed by atoms with Crippen molar-refractivity contribution in [2.75, 3.05) is 20.3 Å². The number of carbonyl (C=O) groups is 3. The first-order chi connectivity index (χ1) is 23.3. The highest BCUT2D eigenvalue weighted by Gasteiger charge is 2.43. The van der Waals surface area contributed by atoms with Gasteiger partial charge in [-0.25, -0.2) is 9.78 Å². The molecule has 9 heteroatoms. The topological polar surface area (TPSA) is 115 Å². The van der Waals surface area contributed by atoms with Crippen LogP contribution in [0.2, 0.25) is 0 Å². The van der Waals surface area contributed by atoms with Gasteiger partial charge in [-0.3, -0.25) is 9.59 Å². The van der Waals surface area contributed by atoms with Crippen molar-refractivity contribution < 1.29 is 33.7 Å². The third-order valence-electron chi connectivity index (χ3n) is 8.57. The zero-order chi connectivity index (χ0) is 34.5. The van der Waals surface area contributed by atoms with Crippen LogP contribution in [-0.2, 0) is 19.1 Å². The van der Waals surface area contributed by atoms with Crippen LogP contribution < -0.4 is 9.47 Å². The molecule has 1 saturated heterocycles. The van der Waals surface area contributed by atoms with E-state index in [9.17, 15) is 19.5 Å². The van der Waals surface area contributed by atoms with Crippen molar-refractivity contribution in [3.05, 3.63) is 86.0 Å². The summed E-state index contributed by atoms with van der Waals surface area (Å²) in [5, 5.41) is 10.9. The van der Waals surface area contributed by atoms with Gasteiger partial charge in [0.15, 0.2) is 0 Å². The minimum absolute atomic E-state index is 0.0616. The van der Waals surface area contributed by atoms with E-state index in [1.807, 2.05) is 54.6 Å². The number of nitrogens with zero attached hydrogens (tertiary/aromatic N) is 2. The van der Waals surface area contributed by atoms with Gasteiger partial charge in [0.1, 0.15) is 23.6 Å². The Kier molecular flexibility index (Phi) is 13.4. The molecule has 2 heterocycles. The van der Waals surface area contributed by atoms with Gasteiger partial charge in [-0.1, -0.05) is 68.0 Å². The number of aliphatic carboxylic acids is 1. The van der Waals surface area contributed by atoms with E-state index in [2.05, 4.69) is 19.7 Å². The quantitative estimate of drug-likeness (QED) is 0.0797. The maximum atomic E-state index is 14.0. The van der Waals surface area contributed by atoms with Crippen LogP contribution in [-0.4, -0.2) is 65.2 Å².